The quantitative estimate of drug-likeness (QED) is 0.817. The van der Waals surface area contributed by atoms with E-state index in [2.05, 4.69) is 20.3 Å². The smallest absolute Gasteiger partial charge is 0.176 e. The molecule has 2 heterocycles. The first-order chi connectivity index (χ1) is 9.71. The Labute approximate surface area is 119 Å². The topological polar surface area (TPSA) is 82.1 Å². The maximum absolute atomic E-state index is 6.59. The maximum atomic E-state index is 6.59. The van der Waals surface area contributed by atoms with Crippen LogP contribution < -0.4 is 5.73 Å². The molecule has 0 aromatic carbocycles. The lowest BCUT2D eigenvalue weighted by Gasteiger charge is -2.46. The van der Waals surface area contributed by atoms with Crippen LogP contribution in [0.3, 0.4) is 0 Å². The lowest BCUT2D eigenvalue weighted by atomic mass is 9.84. The Balaban J connectivity index is 1.75. The van der Waals surface area contributed by atoms with Crippen molar-refractivity contribution in [1.82, 2.24) is 25.1 Å². The maximum Gasteiger partial charge on any atom is 0.176 e. The highest BCUT2D eigenvalue weighted by atomic mass is 16.5. The van der Waals surface area contributed by atoms with Crippen LogP contribution in [-0.4, -0.2) is 63.0 Å². The van der Waals surface area contributed by atoms with Gasteiger partial charge in [-0.05, 0) is 18.1 Å². The van der Waals surface area contributed by atoms with Gasteiger partial charge in [-0.3, -0.25) is 4.90 Å². The van der Waals surface area contributed by atoms with E-state index in [1.54, 1.807) is 7.05 Å². The minimum absolute atomic E-state index is 0.0623. The van der Waals surface area contributed by atoms with E-state index < -0.39 is 0 Å². The average molecular weight is 280 g/mol. The molecule has 1 aliphatic carbocycles. The highest BCUT2D eigenvalue weighted by Gasteiger charge is 2.45. The highest BCUT2D eigenvalue weighted by Crippen LogP contribution is 2.38. The molecule has 1 aromatic heterocycles. The van der Waals surface area contributed by atoms with Gasteiger partial charge in [-0.2, -0.15) is 4.80 Å². The molecule has 1 unspecified atom stereocenters. The number of tetrazole rings is 1. The van der Waals surface area contributed by atoms with Gasteiger partial charge < -0.3 is 10.5 Å². The predicted molar refractivity (Wildman–Crippen MR) is 74.1 cm³/mol. The van der Waals surface area contributed by atoms with Crippen molar-refractivity contribution in [2.75, 3.05) is 26.3 Å². The van der Waals surface area contributed by atoms with Crippen molar-refractivity contribution in [2.45, 2.75) is 43.7 Å². The molecule has 1 saturated carbocycles. The monoisotopic (exact) mass is 280 g/mol. The Morgan fingerprint density at radius 1 is 1.30 bits per heavy atom. The Morgan fingerprint density at radius 3 is 2.60 bits per heavy atom. The summed E-state index contributed by atoms with van der Waals surface area (Å²) >= 11 is 0. The van der Waals surface area contributed by atoms with Crippen molar-refractivity contribution in [1.29, 1.82) is 0 Å². The van der Waals surface area contributed by atoms with E-state index in [1.165, 1.54) is 30.5 Å². The molecule has 1 aliphatic heterocycles. The van der Waals surface area contributed by atoms with Crippen molar-refractivity contribution in [3.8, 4) is 0 Å². The molecule has 112 valence electrons. The third-order valence-corrected chi connectivity index (χ3v) is 4.75. The largest absolute Gasteiger partial charge is 0.379 e. The second kappa shape index (κ2) is 5.75. The molecule has 2 N–H and O–H groups in total. The van der Waals surface area contributed by atoms with Gasteiger partial charge in [0.25, 0.3) is 0 Å². The summed E-state index contributed by atoms with van der Waals surface area (Å²) in [7, 11) is 1.79. The third-order valence-electron chi connectivity index (χ3n) is 4.75. The summed E-state index contributed by atoms with van der Waals surface area (Å²) in [6, 6.07) is 0.0623. The van der Waals surface area contributed by atoms with Crippen LogP contribution in [0, 0.1) is 0 Å². The van der Waals surface area contributed by atoms with Crippen molar-refractivity contribution >= 4 is 0 Å². The summed E-state index contributed by atoms with van der Waals surface area (Å²) in [5.41, 5.74) is 6.69. The van der Waals surface area contributed by atoms with E-state index in [-0.39, 0.29) is 11.6 Å². The minimum atomic E-state index is 0.0623. The normalized spacial score (nSPS) is 24.9. The number of nitrogens with zero attached hydrogens (tertiary/aromatic N) is 5. The van der Waals surface area contributed by atoms with Crippen LogP contribution >= 0.6 is 0 Å². The van der Waals surface area contributed by atoms with Crippen LogP contribution in [-0.2, 0) is 18.2 Å². The Bertz CT molecular complexity index is 436. The molecule has 7 heteroatoms. The lowest BCUT2D eigenvalue weighted by Crippen LogP contribution is -2.61. The number of hydrogen-bond acceptors (Lipinski definition) is 6. The van der Waals surface area contributed by atoms with E-state index in [0.717, 1.165) is 32.1 Å². The van der Waals surface area contributed by atoms with Crippen molar-refractivity contribution in [2.24, 2.45) is 12.8 Å². The molecule has 20 heavy (non-hydrogen) atoms. The first-order valence-corrected chi connectivity index (χ1v) is 7.52. The van der Waals surface area contributed by atoms with E-state index in [1.807, 2.05) is 0 Å². The summed E-state index contributed by atoms with van der Waals surface area (Å²) in [5, 5.41) is 12.2. The highest BCUT2D eigenvalue weighted by molar-refractivity contribution is 5.05. The van der Waals surface area contributed by atoms with Gasteiger partial charge in [0.15, 0.2) is 5.82 Å². The van der Waals surface area contributed by atoms with Crippen molar-refractivity contribution in [3.63, 3.8) is 0 Å². The van der Waals surface area contributed by atoms with Gasteiger partial charge in [0.2, 0.25) is 0 Å². The molecular formula is C13H24N6O. The fourth-order valence-corrected chi connectivity index (χ4v) is 3.71. The molecule has 7 nitrogen and oxygen atoms in total. The van der Waals surface area contributed by atoms with Crippen LogP contribution in [0.25, 0.3) is 0 Å². The summed E-state index contributed by atoms with van der Waals surface area (Å²) in [4.78, 5) is 4.04. The SMILES string of the molecule is Cn1nnc(CC(N)C2(N3CCOCC3)CCCC2)n1. The van der Waals surface area contributed by atoms with Gasteiger partial charge in [0, 0.05) is 31.1 Å². The van der Waals surface area contributed by atoms with Crippen molar-refractivity contribution < 1.29 is 4.74 Å². The fourth-order valence-electron chi connectivity index (χ4n) is 3.71. The van der Waals surface area contributed by atoms with Gasteiger partial charge in [-0.25, -0.2) is 0 Å². The fraction of sp³-hybridized carbons (Fsp3) is 0.923. The molecule has 1 atom stereocenters. The summed E-state index contributed by atoms with van der Waals surface area (Å²) in [6.45, 7) is 3.61. The Morgan fingerprint density at radius 2 is 2.00 bits per heavy atom. The lowest BCUT2D eigenvalue weighted by molar-refractivity contribution is -0.0307. The number of nitrogens with two attached hydrogens (primary N) is 1. The second-order valence-corrected chi connectivity index (χ2v) is 5.92. The van der Waals surface area contributed by atoms with Crippen LogP contribution in [0.15, 0.2) is 0 Å². The molecule has 1 saturated heterocycles. The van der Waals surface area contributed by atoms with Gasteiger partial charge in [-0.15, -0.1) is 10.2 Å². The standard InChI is InChI=1S/C13H24N6O/c1-18-16-12(15-17-18)10-11(14)13(4-2-3-5-13)19-6-8-20-9-7-19/h11H,2-10,14H2,1H3. The van der Waals surface area contributed by atoms with Gasteiger partial charge in [0.1, 0.15) is 0 Å². The van der Waals surface area contributed by atoms with Crippen LogP contribution in [0.2, 0.25) is 0 Å². The second-order valence-electron chi connectivity index (χ2n) is 5.92. The molecule has 1 aromatic rings. The van der Waals surface area contributed by atoms with E-state index in [0.29, 0.717) is 6.42 Å². The zero-order valence-corrected chi connectivity index (χ0v) is 12.2. The number of morpholine rings is 1. The Kier molecular flexibility index (Phi) is 4.00. The van der Waals surface area contributed by atoms with Crippen LogP contribution in [0.5, 0.6) is 0 Å². The first kappa shape index (κ1) is 13.9. The number of rotatable bonds is 4. The number of ether oxygens (including phenoxy) is 1. The number of aryl methyl sites for hydroxylation is 1. The zero-order chi connectivity index (χ0) is 14.0. The van der Waals surface area contributed by atoms with Crippen LogP contribution in [0.1, 0.15) is 31.5 Å². The van der Waals surface area contributed by atoms with E-state index in [4.69, 9.17) is 10.5 Å². The summed E-state index contributed by atoms with van der Waals surface area (Å²) < 4.78 is 5.49. The zero-order valence-electron chi connectivity index (χ0n) is 12.2. The van der Waals surface area contributed by atoms with E-state index in [9.17, 15) is 0 Å². The number of hydrogen-bond donors (Lipinski definition) is 1. The molecule has 0 amide bonds. The van der Waals surface area contributed by atoms with Gasteiger partial charge in [-0.1, -0.05) is 12.8 Å². The molecule has 0 radical (unpaired) electrons. The van der Waals surface area contributed by atoms with E-state index >= 15 is 0 Å². The van der Waals surface area contributed by atoms with Gasteiger partial charge in [0.05, 0.1) is 20.3 Å². The molecule has 2 aliphatic rings. The first-order valence-electron chi connectivity index (χ1n) is 7.52. The van der Waals surface area contributed by atoms with Crippen LogP contribution in [0.4, 0.5) is 0 Å². The molecule has 3 rings (SSSR count). The molecule has 0 spiro atoms. The van der Waals surface area contributed by atoms with Gasteiger partial charge >= 0.3 is 0 Å². The Hall–Kier alpha value is -1.05. The van der Waals surface area contributed by atoms with Crippen molar-refractivity contribution in [3.05, 3.63) is 5.82 Å². The average Bonchev–Trinajstić information content (AvgIpc) is 3.10. The molecule has 0 bridgehead atoms. The summed E-state index contributed by atoms with van der Waals surface area (Å²) in [6.07, 6.45) is 5.58. The minimum Gasteiger partial charge on any atom is -0.379 e. The molecular weight excluding hydrogens is 256 g/mol. The third kappa shape index (κ3) is 2.57. The molecule has 2 fully saturated rings. The number of aromatic nitrogens is 4. The predicted octanol–water partition coefficient (Wildman–Crippen LogP) is -0.275. The summed E-state index contributed by atoms with van der Waals surface area (Å²) in [5.74, 6) is 0.750.